The van der Waals surface area contributed by atoms with Gasteiger partial charge in [0.15, 0.2) is 5.84 Å². The van der Waals surface area contributed by atoms with E-state index in [1.54, 1.807) is 0 Å². The van der Waals surface area contributed by atoms with E-state index in [-0.39, 0.29) is 18.2 Å². The highest BCUT2D eigenvalue weighted by atomic mass is 35.5. The smallest absolute Gasteiger partial charge is 0.170 e. The Morgan fingerprint density at radius 1 is 1.06 bits per heavy atom. The highest BCUT2D eigenvalue weighted by Gasteiger charge is 2.25. The highest BCUT2D eigenvalue weighted by molar-refractivity contribution is 6.31. The maximum atomic E-state index is 8.70. The van der Waals surface area contributed by atoms with Crippen molar-refractivity contribution in [3.05, 3.63) is 33.4 Å². The van der Waals surface area contributed by atoms with E-state index in [0.29, 0.717) is 0 Å². The topological polar surface area (TPSA) is 58.6 Å². The second-order valence-electron chi connectivity index (χ2n) is 4.33. The van der Waals surface area contributed by atoms with Crippen LogP contribution in [-0.2, 0) is 0 Å². The molecule has 0 radical (unpaired) electrons. The lowest BCUT2D eigenvalue weighted by atomic mass is 9.78. The van der Waals surface area contributed by atoms with E-state index in [0.717, 1.165) is 11.1 Å². The number of amidine groups is 1. The van der Waals surface area contributed by atoms with E-state index < -0.39 is 0 Å². The quantitative estimate of drug-likeness (QED) is 0.349. The summed E-state index contributed by atoms with van der Waals surface area (Å²) in [4.78, 5) is 0. The lowest BCUT2D eigenvalue weighted by Crippen LogP contribution is -2.21. The largest absolute Gasteiger partial charge is 0.409 e. The second kappa shape index (κ2) is 4.41. The summed E-state index contributed by atoms with van der Waals surface area (Å²) in [6, 6.07) is 0. The van der Waals surface area contributed by atoms with E-state index >= 15 is 0 Å². The predicted molar refractivity (Wildman–Crippen MR) is 73.9 cm³/mol. The van der Waals surface area contributed by atoms with Crippen molar-refractivity contribution < 1.29 is 5.21 Å². The summed E-state index contributed by atoms with van der Waals surface area (Å²) in [6.45, 7) is 8.44. The fraction of sp³-hybridized carbons (Fsp3) is 0.308. The number of halogens is 1. The number of benzene rings is 1. The number of hydrogen-bond acceptors (Lipinski definition) is 2. The van der Waals surface area contributed by atoms with Gasteiger partial charge >= 0.3 is 0 Å². The molecule has 0 saturated heterocycles. The molecule has 0 amide bonds. The van der Waals surface area contributed by atoms with E-state index in [2.05, 4.69) is 32.9 Å². The molecule has 0 saturated carbocycles. The SMILES string of the molecule is Cc1c(C)c(C)c2c(c1C)C=C2C(N)=NO.Cl. The number of oxime groups is 1. The summed E-state index contributed by atoms with van der Waals surface area (Å²) < 4.78 is 0. The van der Waals surface area contributed by atoms with Crippen LogP contribution in [0.5, 0.6) is 0 Å². The summed E-state index contributed by atoms with van der Waals surface area (Å²) in [6.07, 6.45) is 1.99. The first-order chi connectivity index (χ1) is 7.49. The zero-order valence-corrected chi connectivity index (χ0v) is 11.3. The van der Waals surface area contributed by atoms with Crippen LogP contribution in [0.3, 0.4) is 0 Å². The van der Waals surface area contributed by atoms with Crippen molar-refractivity contribution in [2.75, 3.05) is 0 Å². The molecule has 0 bridgehead atoms. The average Bonchev–Trinajstić information content (AvgIpc) is 2.23. The normalized spacial score (nSPS) is 13.4. The lowest BCUT2D eigenvalue weighted by Gasteiger charge is -2.27. The highest BCUT2D eigenvalue weighted by Crippen LogP contribution is 2.40. The fourth-order valence-electron chi connectivity index (χ4n) is 2.26. The van der Waals surface area contributed by atoms with E-state index in [9.17, 15) is 0 Å². The van der Waals surface area contributed by atoms with Gasteiger partial charge in [-0.15, -0.1) is 12.4 Å². The van der Waals surface area contributed by atoms with Gasteiger partial charge in [0.05, 0.1) is 0 Å². The summed E-state index contributed by atoms with van der Waals surface area (Å²) in [7, 11) is 0. The predicted octanol–water partition coefficient (Wildman–Crippen LogP) is 2.94. The minimum absolute atomic E-state index is 0. The van der Waals surface area contributed by atoms with Crippen molar-refractivity contribution in [3.8, 4) is 0 Å². The molecular formula is C13H17ClN2O. The molecule has 1 aromatic rings. The number of nitrogens with zero attached hydrogens (tertiary/aromatic N) is 1. The average molecular weight is 253 g/mol. The summed E-state index contributed by atoms with van der Waals surface area (Å²) in [5.74, 6) is 0.193. The third kappa shape index (κ3) is 1.71. The van der Waals surface area contributed by atoms with E-state index in [1.165, 1.54) is 27.8 Å². The van der Waals surface area contributed by atoms with Crippen molar-refractivity contribution in [2.24, 2.45) is 10.9 Å². The minimum Gasteiger partial charge on any atom is -0.409 e. The lowest BCUT2D eigenvalue weighted by molar-refractivity contribution is 0.319. The van der Waals surface area contributed by atoms with Gasteiger partial charge in [0, 0.05) is 5.57 Å². The fourth-order valence-corrected chi connectivity index (χ4v) is 2.26. The molecule has 1 aliphatic rings. The van der Waals surface area contributed by atoms with E-state index in [4.69, 9.17) is 10.9 Å². The van der Waals surface area contributed by atoms with Gasteiger partial charge in [0.2, 0.25) is 0 Å². The van der Waals surface area contributed by atoms with Gasteiger partial charge in [-0.2, -0.15) is 0 Å². The Morgan fingerprint density at radius 3 is 2.12 bits per heavy atom. The van der Waals surface area contributed by atoms with Crippen LogP contribution in [0.4, 0.5) is 0 Å². The number of nitrogens with two attached hydrogens (primary N) is 1. The van der Waals surface area contributed by atoms with Crippen LogP contribution in [0.25, 0.3) is 11.6 Å². The number of hydrogen-bond donors (Lipinski definition) is 2. The van der Waals surface area contributed by atoms with Crippen LogP contribution < -0.4 is 5.73 Å². The van der Waals surface area contributed by atoms with Crippen molar-refractivity contribution in [1.82, 2.24) is 0 Å². The summed E-state index contributed by atoms with van der Waals surface area (Å²) in [5, 5.41) is 11.8. The zero-order valence-electron chi connectivity index (χ0n) is 10.5. The Labute approximate surface area is 107 Å². The zero-order chi connectivity index (χ0) is 12.0. The van der Waals surface area contributed by atoms with Crippen molar-refractivity contribution in [3.63, 3.8) is 0 Å². The Hall–Kier alpha value is -1.48. The number of fused-ring (bicyclic) bond motifs is 1. The first kappa shape index (κ1) is 13.6. The maximum absolute atomic E-state index is 8.70. The van der Waals surface area contributed by atoms with Crippen LogP contribution in [0.1, 0.15) is 33.4 Å². The summed E-state index contributed by atoms with van der Waals surface area (Å²) in [5.41, 5.74) is 14.0. The van der Waals surface area contributed by atoms with Gasteiger partial charge in [-0.05, 0) is 67.2 Å². The molecular weight excluding hydrogens is 236 g/mol. The molecule has 0 heterocycles. The van der Waals surface area contributed by atoms with Gasteiger partial charge in [-0.3, -0.25) is 0 Å². The Balaban J connectivity index is 0.00000144. The Kier molecular flexibility index (Phi) is 3.53. The van der Waals surface area contributed by atoms with Crippen LogP contribution in [-0.4, -0.2) is 11.0 Å². The molecule has 0 aliphatic heterocycles. The minimum atomic E-state index is 0. The third-order valence-electron chi connectivity index (χ3n) is 3.68. The Morgan fingerprint density at radius 2 is 1.59 bits per heavy atom. The molecule has 17 heavy (non-hydrogen) atoms. The molecule has 2 rings (SSSR count). The van der Waals surface area contributed by atoms with Gasteiger partial charge in [-0.1, -0.05) is 5.16 Å². The molecule has 1 aliphatic carbocycles. The van der Waals surface area contributed by atoms with Gasteiger partial charge in [-0.25, -0.2) is 0 Å². The van der Waals surface area contributed by atoms with Crippen molar-refractivity contribution >= 4 is 29.9 Å². The van der Waals surface area contributed by atoms with Crippen LogP contribution >= 0.6 is 12.4 Å². The molecule has 1 aromatic carbocycles. The molecule has 0 aromatic heterocycles. The third-order valence-corrected chi connectivity index (χ3v) is 3.68. The summed E-state index contributed by atoms with van der Waals surface area (Å²) >= 11 is 0. The van der Waals surface area contributed by atoms with Gasteiger partial charge < -0.3 is 10.9 Å². The van der Waals surface area contributed by atoms with Crippen molar-refractivity contribution in [1.29, 1.82) is 0 Å². The Bertz CT molecular complexity index is 545. The maximum Gasteiger partial charge on any atom is 0.170 e. The van der Waals surface area contributed by atoms with Gasteiger partial charge in [0.1, 0.15) is 0 Å². The molecule has 0 fully saturated rings. The van der Waals surface area contributed by atoms with Crippen molar-refractivity contribution in [2.45, 2.75) is 27.7 Å². The molecule has 0 atom stereocenters. The molecule has 4 heteroatoms. The first-order valence-electron chi connectivity index (χ1n) is 5.29. The molecule has 3 nitrogen and oxygen atoms in total. The van der Waals surface area contributed by atoms with E-state index in [1.807, 2.05) is 6.08 Å². The van der Waals surface area contributed by atoms with Gasteiger partial charge in [0.25, 0.3) is 0 Å². The van der Waals surface area contributed by atoms with Crippen LogP contribution in [0, 0.1) is 27.7 Å². The standard InChI is InChI=1S/C13H16N2O.ClH/c1-6-7(2)9(4)12-10(8(6)3)5-11(12)13(14)15-16;/h5,16H,1-4H3,(H2,14,15);1H. The number of rotatable bonds is 1. The van der Waals surface area contributed by atoms with Crippen LogP contribution in [0.2, 0.25) is 0 Å². The molecule has 92 valence electrons. The monoisotopic (exact) mass is 252 g/mol. The molecule has 0 spiro atoms. The van der Waals surface area contributed by atoms with Crippen LogP contribution in [0.15, 0.2) is 5.16 Å². The molecule has 3 N–H and O–H groups in total. The second-order valence-corrected chi connectivity index (χ2v) is 4.33. The first-order valence-corrected chi connectivity index (χ1v) is 5.29. The molecule has 0 unspecified atom stereocenters.